The fourth-order valence-electron chi connectivity index (χ4n) is 3.07. The van der Waals surface area contributed by atoms with Crippen molar-refractivity contribution in [2.75, 3.05) is 37.7 Å². The largest absolute Gasteiger partial charge is 0.313 e. The Labute approximate surface area is 134 Å². The summed E-state index contributed by atoms with van der Waals surface area (Å²) in [4.78, 5) is 2.59. The zero-order valence-corrected chi connectivity index (χ0v) is 14.3. The summed E-state index contributed by atoms with van der Waals surface area (Å²) in [5.74, 6) is 3.39. The first-order valence-electron chi connectivity index (χ1n) is 7.60. The summed E-state index contributed by atoms with van der Waals surface area (Å²) in [6.07, 6.45) is 2.60. The van der Waals surface area contributed by atoms with E-state index in [4.69, 9.17) is 0 Å². The molecule has 0 unspecified atom stereocenters. The number of hydrogen-bond donors (Lipinski definition) is 1. The molecule has 2 nitrogen and oxygen atoms in total. The van der Waals surface area contributed by atoms with E-state index in [-0.39, 0.29) is 0 Å². The Morgan fingerprint density at radius 3 is 2.80 bits per heavy atom. The Bertz CT molecular complexity index is 428. The van der Waals surface area contributed by atoms with Crippen molar-refractivity contribution in [1.82, 2.24) is 10.2 Å². The van der Waals surface area contributed by atoms with Gasteiger partial charge in [-0.2, -0.15) is 11.8 Å². The van der Waals surface area contributed by atoms with Gasteiger partial charge in [0.2, 0.25) is 0 Å². The van der Waals surface area contributed by atoms with Crippen molar-refractivity contribution in [3.63, 3.8) is 0 Å². The molecule has 1 saturated carbocycles. The Balaban J connectivity index is 1.34. The van der Waals surface area contributed by atoms with Crippen molar-refractivity contribution >= 4 is 27.7 Å². The third-order valence-corrected chi connectivity index (χ3v) is 5.86. The first kappa shape index (κ1) is 14.9. The average Bonchev–Trinajstić information content (AvgIpc) is 2.42. The normalized spacial score (nSPS) is 27.2. The maximum atomic E-state index is 3.72. The van der Waals surface area contributed by atoms with E-state index in [9.17, 15) is 0 Å². The van der Waals surface area contributed by atoms with Gasteiger partial charge in [0.05, 0.1) is 0 Å². The molecule has 1 aliphatic heterocycles. The third kappa shape index (κ3) is 4.00. The van der Waals surface area contributed by atoms with Crippen molar-refractivity contribution in [2.45, 2.75) is 24.8 Å². The lowest BCUT2D eigenvalue weighted by atomic mass is 9.76. The number of hydrogen-bond acceptors (Lipinski definition) is 3. The van der Waals surface area contributed by atoms with Crippen molar-refractivity contribution in [3.05, 3.63) is 34.3 Å². The fraction of sp³-hybridized carbons (Fsp3) is 0.625. The monoisotopic (exact) mass is 354 g/mol. The van der Waals surface area contributed by atoms with Gasteiger partial charge in [0.15, 0.2) is 0 Å². The molecule has 1 aromatic carbocycles. The zero-order chi connectivity index (χ0) is 13.8. The smallest absolute Gasteiger partial charge is 0.0178 e. The summed E-state index contributed by atoms with van der Waals surface area (Å²) in [6.45, 7) is 4.93. The molecule has 0 radical (unpaired) electrons. The molecule has 4 heteroatoms. The molecule has 1 heterocycles. The van der Waals surface area contributed by atoms with E-state index in [2.05, 4.69) is 62.2 Å². The molecule has 2 fully saturated rings. The van der Waals surface area contributed by atoms with Crippen LogP contribution in [-0.4, -0.2) is 48.6 Å². The fourth-order valence-corrected chi connectivity index (χ4v) is 4.46. The molecule has 1 aromatic rings. The molecular formula is C16H23BrN2S. The van der Waals surface area contributed by atoms with Crippen molar-refractivity contribution < 1.29 is 0 Å². The summed E-state index contributed by atoms with van der Waals surface area (Å²) in [7, 11) is 0. The predicted octanol–water partition coefficient (Wildman–Crippen LogP) is 3.33. The molecule has 110 valence electrons. The second-order valence-corrected chi connectivity index (χ2v) is 7.97. The van der Waals surface area contributed by atoms with E-state index in [1.54, 1.807) is 0 Å². The van der Waals surface area contributed by atoms with Gasteiger partial charge in [0, 0.05) is 48.2 Å². The number of halogens is 1. The Kier molecular flexibility index (Phi) is 5.43. The van der Waals surface area contributed by atoms with Crippen molar-refractivity contribution in [2.24, 2.45) is 0 Å². The minimum Gasteiger partial charge on any atom is -0.313 e. The first-order valence-corrected chi connectivity index (χ1v) is 9.55. The minimum absolute atomic E-state index is 0.734. The van der Waals surface area contributed by atoms with Crippen molar-refractivity contribution in [1.29, 1.82) is 0 Å². The van der Waals surface area contributed by atoms with E-state index in [1.807, 2.05) is 0 Å². The molecule has 1 aliphatic carbocycles. The highest BCUT2D eigenvalue weighted by atomic mass is 79.9. The van der Waals surface area contributed by atoms with Crippen LogP contribution in [0.3, 0.4) is 0 Å². The van der Waals surface area contributed by atoms with Gasteiger partial charge in [-0.25, -0.2) is 0 Å². The molecule has 1 N–H and O–H groups in total. The molecule has 0 aromatic heterocycles. The van der Waals surface area contributed by atoms with Gasteiger partial charge in [-0.15, -0.1) is 0 Å². The molecule has 0 amide bonds. The highest BCUT2D eigenvalue weighted by molar-refractivity contribution is 9.10. The lowest BCUT2D eigenvalue weighted by molar-refractivity contribution is 0.255. The van der Waals surface area contributed by atoms with Crippen LogP contribution in [0.2, 0.25) is 0 Å². The van der Waals surface area contributed by atoms with E-state index in [0.717, 1.165) is 18.5 Å². The Hall–Kier alpha value is -0.0300. The Morgan fingerprint density at radius 1 is 1.25 bits per heavy atom. The van der Waals surface area contributed by atoms with Crippen molar-refractivity contribution in [3.8, 4) is 0 Å². The average molecular weight is 355 g/mol. The van der Waals surface area contributed by atoms with Crippen LogP contribution >= 0.6 is 27.7 Å². The molecule has 0 atom stereocenters. The minimum atomic E-state index is 0.734. The first-order chi connectivity index (χ1) is 9.81. The van der Waals surface area contributed by atoms with E-state index < -0.39 is 0 Å². The number of thioether (sulfide) groups is 1. The second kappa shape index (κ2) is 7.30. The highest BCUT2D eigenvalue weighted by Crippen LogP contribution is 2.37. The number of benzene rings is 1. The van der Waals surface area contributed by atoms with E-state index in [1.165, 1.54) is 54.0 Å². The molecular weight excluding hydrogens is 332 g/mol. The summed E-state index contributed by atoms with van der Waals surface area (Å²) < 4.78 is 1.20. The number of rotatable bonds is 5. The third-order valence-electron chi connectivity index (χ3n) is 4.42. The maximum absolute atomic E-state index is 3.72. The quantitative estimate of drug-likeness (QED) is 0.872. The summed E-state index contributed by atoms with van der Waals surface area (Å²) in [5.41, 5.74) is 1.49. The van der Waals surface area contributed by atoms with Gasteiger partial charge in [-0.05, 0) is 36.5 Å². The van der Waals surface area contributed by atoms with Gasteiger partial charge >= 0.3 is 0 Å². The van der Waals surface area contributed by atoms with Gasteiger partial charge < -0.3 is 10.2 Å². The van der Waals surface area contributed by atoms with Crippen LogP contribution in [0.1, 0.15) is 24.3 Å². The van der Waals surface area contributed by atoms with E-state index >= 15 is 0 Å². The molecule has 20 heavy (non-hydrogen) atoms. The highest BCUT2D eigenvalue weighted by Gasteiger charge is 2.29. The second-order valence-electron chi connectivity index (χ2n) is 5.83. The maximum Gasteiger partial charge on any atom is 0.0178 e. The standard InChI is InChI=1S/C16H23BrN2S/c17-15-3-1-2-13(10-15)14-11-16(12-14)18-4-5-19-6-8-20-9-7-19/h1-3,10,14,16,18H,4-9,11-12H2. The van der Waals surface area contributed by atoms with Crippen LogP contribution in [0.25, 0.3) is 0 Å². The SMILES string of the molecule is Brc1cccc(C2CC(NCCN3CCSCC3)C2)c1. The van der Waals surface area contributed by atoms with Crippen LogP contribution in [-0.2, 0) is 0 Å². The van der Waals surface area contributed by atoms with Gasteiger partial charge in [-0.1, -0.05) is 28.1 Å². The van der Waals surface area contributed by atoms with Gasteiger partial charge in [0.1, 0.15) is 0 Å². The molecule has 3 rings (SSSR count). The van der Waals surface area contributed by atoms with Gasteiger partial charge in [-0.3, -0.25) is 0 Å². The van der Waals surface area contributed by atoms with Crippen LogP contribution in [0.4, 0.5) is 0 Å². The number of nitrogens with zero attached hydrogens (tertiary/aromatic N) is 1. The zero-order valence-electron chi connectivity index (χ0n) is 11.9. The lowest BCUT2D eigenvalue weighted by Crippen LogP contribution is -2.44. The molecule has 0 bridgehead atoms. The van der Waals surface area contributed by atoms with Crippen LogP contribution in [0, 0.1) is 0 Å². The van der Waals surface area contributed by atoms with Crippen LogP contribution in [0.15, 0.2) is 28.7 Å². The topological polar surface area (TPSA) is 15.3 Å². The summed E-state index contributed by atoms with van der Waals surface area (Å²) in [6, 6.07) is 9.52. The molecule has 2 aliphatic rings. The summed E-state index contributed by atoms with van der Waals surface area (Å²) in [5, 5.41) is 3.72. The predicted molar refractivity (Wildman–Crippen MR) is 91.7 cm³/mol. The van der Waals surface area contributed by atoms with Crippen LogP contribution < -0.4 is 5.32 Å². The molecule has 0 spiro atoms. The number of nitrogens with one attached hydrogen (secondary N) is 1. The van der Waals surface area contributed by atoms with Crippen LogP contribution in [0.5, 0.6) is 0 Å². The Morgan fingerprint density at radius 2 is 2.05 bits per heavy atom. The lowest BCUT2D eigenvalue weighted by Gasteiger charge is -2.37. The van der Waals surface area contributed by atoms with Gasteiger partial charge in [0.25, 0.3) is 0 Å². The molecule has 1 saturated heterocycles. The van der Waals surface area contributed by atoms with E-state index in [0.29, 0.717) is 0 Å². The summed E-state index contributed by atoms with van der Waals surface area (Å²) >= 11 is 5.65.